The Balaban J connectivity index is 1.89. The van der Waals surface area contributed by atoms with E-state index in [2.05, 4.69) is 77.8 Å². The van der Waals surface area contributed by atoms with Crippen LogP contribution in [0.4, 0.5) is 5.69 Å². The van der Waals surface area contributed by atoms with Crippen LogP contribution in [0, 0.1) is 0 Å². The Morgan fingerprint density at radius 3 is 2.54 bits per heavy atom. The summed E-state index contributed by atoms with van der Waals surface area (Å²) in [6.07, 6.45) is 1.71. The maximum atomic E-state index is 5.42. The van der Waals surface area contributed by atoms with E-state index in [0.717, 1.165) is 42.4 Å². The number of hydrogen-bond acceptors (Lipinski definition) is 4. The van der Waals surface area contributed by atoms with Crippen LogP contribution in [0.15, 0.2) is 39.8 Å². The van der Waals surface area contributed by atoms with Crippen molar-refractivity contribution in [2.75, 3.05) is 25.5 Å². The first kappa shape index (κ1) is 19.8. The van der Waals surface area contributed by atoms with E-state index in [9.17, 15) is 0 Å². The summed E-state index contributed by atoms with van der Waals surface area (Å²) in [5, 5.41) is 10.9. The summed E-state index contributed by atoms with van der Waals surface area (Å²) in [6, 6.07) is 10.7. The number of rotatable bonds is 8. The molecular weight excluding hydrogens is 326 g/mol. The van der Waals surface area contributed by atoms with Crippen molar-refractivity contribution in [1.29, 1.82) is 0 Å². The summed E-state index contributed by atoms with van der Waals surface area (Å²) in [6.45, 7) is 7.82. The third-order valence-electron chi connectivity index (χ3n) is 4.65. The van der Waals surface area contributed by atoms with Crippen LogP contribution in [-0.2, 0) is 19.4 Å². The second kappa shape index (κ2) is 9.85. The number of para-hydroxylation sites is 1. The van der Waals surface area contributed by atoms with Gasteiger partial charge in [-0.1, -0.05) is 37.2 Å². The van der Waals surface area contributed by atoms with E-state index in [1.165, 1.54) is 5.69 Å². The van der Waals surface area contributed by atoms with Gasteiger partial charge in [0.05, 0.1) is 5.69 Å². The van der Waals surface area contributed by atoms with Gasteiger partial charge < -0.3 is 20.1 Å². The number of nitrogens with one attached hydrogen (secondary N) is 2. The first-order valence-corrected chi connectivity index (χ1v) is 9.29. The summed E-state index contributed by atoms with van der Waals surface area (Å²) < 4.78 is 5.42. The average Bonchev–Trinajstić information content (AvgIpc) is 3.09. The van der Waals surface area contributed by atoms with Gasteiger partial charge in [-0.15, -0.1) is 0 Å². The quantitative estimate of drug-likeness (QED) is 0.562. The molecule has 26 heavy (non-hydrogen) atoms. The van der Waals surface area contributed by atoms with Gasteiger partial charge in [-0.3, -0.25) is 4.99 Å². The molecule has 0 spiro atoms. The van der Waals surface area contributed by atoms with Gasteiger partial charge in [-0.2, -0.15) is 0 Å². The number of likely N-dealkylation sites (N-methyl/N-ethyl adjacent to an activating group) is 1. The third kappa shape index (κ3) is 5.00. The van der Waals surface area contributed by atoms with Crippen LogP contribution in [0.2, 0.25) is 0 Å². The van der Waals surface area contributed by atoms with Gasteiger partial charge >= 0.3 is 0 Å². The molecule has 6 nitrogen and oxygen atoms in total. The zero-order valence-electron chi connectivity index (χ0n) is 16.5. The van der Waals surface area contributed by atoms with Crippen LogP contribution in [0.3, 0.4) is 0 Å². The van der Waals surface area contributed by atoms with Crippen LogP contribution >= 0.6 is 0 Å². The Morgan fingerprint density at radius 2 is 1.92 bits per heavy atom. The molecule has 0 amide bonds. The molecular formula is C20H31N5O. The van der Waals surface area contributed by atoms with Crippen LogP contribution in [-0.4, -0.2) is 37.8 Å². The molecule has 0 bridgehead atoms. The lowest BCUT2D eigenvalue weighted by atomic mass is 10.1. The molecule has 2 rings (SSSR count). The smallest absolute Gasteiger partial charge is 0.191 e. The fourth-order valence-corrected chi connectivity index (χ4v) is 2.83. The zero-order chi connectivity index (χ0) is 18.9. The molecule has 1 heterocycles. The van der Waals surface area contributed by atoms with Gasteiger partial charge in [-0.25, -0.2) is 0 Å². The second-order valence-corrected chi connectivity index (χ2v) is 6.34. The van der Waals surface area contributed by atoms with E-state index in [-0.39, 0.29) is 0 Å². The second-order valence-electron chi connectivity index (χ2n) is 6.34. The molecule has 0 radical (unpaired) electrons. The number of aromatic nitrogens is 1. The van der Waals surface area contributed by atoms with Crippen molar-refractivity contribution in [3.8, 4) is 0 Å². The molecule has 6 heteroatoms. The number of anilines is 1. The molecule has 1 aromatic heterocycles. The minimum Gasteiger partial charge on any atom is -0.370 e. The molecule has 1 aromatic carbocycles. The van der Waals surface area contributed by atoms with E-state index in [1.807, 2.05) is 6.07 Å². The maximum Gasteiger partial charge on any atom is 0.191 e. The minimum absolute atomic E-state index is 0.323. The molecule has 0 aliphatic heterocycles. The molecule has 0 aliphatic carbocycles. The zero-order valence-corrected chi connectivity index (χ0v) is 16.5. The van der Waals surface area contributed by atoms with Crippen LogP contribution in [0.1, 0.15) is 37.8 Å². The lowest BCUT2D eigenvalue weighted by Crippen LogP contribution is -2.44. The van der Waals surface area contributed by atoms with Gasteiger partial charge in [0.2, 0.25) is 0 Å². The molecule has 1 unspecified atom stereocenters. The van der Waals surface area contributed by atoms with Crippen molar-refractivity contribution < 1.29 is 4.52 Å². The highest BCUT2D eigenvalue weighted by Gasteiger charge is 2.14. The van der Waals surface area contributed by atoms with E-state index >= 15 is 0 Å². The summed E-state index contributed by atoms with van der Waals surface area (Å²) in [5.74, 6) is 1.73. The van der Waals surface area contributed by atoms with Gasteiger partial charge in [0.25, 0.3) is 0 Å². The fraction of sp³-hybridized carbons (Fsp3) is 0.500. The van der Waals surface area contributed by atoms with Crippen molar-refractivity contribution in [2.24, 2.45) is 4.99 Å². The lowest BCUT2D eigenvalue weighted by molar-refractivity contribution is 0.380. The molecule has 2 N–H and O–H groups in total. The van der Waals surface area contributed by atoms with Gasteiger partial charge in [0, 0.05) is 50.9 Å². The Hall–Kier alpha value is -2.50. The lowest BCUT2D eigenvalue weighted by Gasteiger charge is -2.27. The van der Waals surface area contributed by atoms with Crippen molar-refractivity contribution in [2.45, 2.75) is 46.2 Å². The van der Waals surface area contributed by atoms with Crippen LogP contribution < -0.4 is 15.5 Å². The third-order valence-corrected chi connectivity index (χ3v) is 4.65. The molecule has 2 aromatic rings. The first-order chi connectivity index (χ1) is 12.6. The average molecular weight is 358 g/mol. The Kier molecular flexibility index (Phi) is 7.51. The SMILES string of the molecule is CCc1noc(CC)c1CNC(=NC)NCC(C)N(C)c1ccccc1. The monoisotopic (exact) mass is 357 g/mol. The highest BCUT2D eigenvalue weighted by molar-refractivity contribution is 5.79. The highest BCUT2D eigenvalue weighted by atomic mass is 16.5. The van der Waals surface area contributed by atoms with E-state index in [1.54, 1.807) is 7.05 Å². The maximum absolute atomic E-state index is 5.42. The largest absolute Gasteiger partial charge is 0.370 e. The van der Waals surface area contributed by atoms with Crippen molar-refractivity contribution in [3.63, 3.8) is 0 Å². The van der Waals surface area contributed by atoms with Crippen molar-refractivity contribution in [1.82, 2.24) is 15.8 Å². The molecule has 0 saturated heterocycles. The number of guanidine groups is 1. The van der Waals surface area contributed by atoms with Gasteiger partial charge in [0.1, 0.15) is 5.76 Å². The summed E-state index contributed by atoms with van der Waals surface area (Å²) >= 11 is 0. The minimum atomic E-state index is 0.323. The molecule has 1 atom stereocenters. The molecule has 0 aliphatic rings. The standard InChI is InChI=1S/C20H31N5O/c1-6-18-17(19(7-2)26-24-18)14-23-20(21-4)22-13-15(3)25(5)16-11-9-8-10-12-16/h8-12,15H,6-7,13-14H2,1-5H3,(H2,21,22,23). The molecule has 0 fully saturated rings. The van der Waals surface area contributed by atoms with Crippen molar-refractivity contribution in [3.05, 3.63) is 47.3 Å². The topological polar surface area (TPSA) is 65.7 Å². The normalized spacial score (nSPS) is 12.7. The van der Waals surface area contributed by atoms with Crippen LogP contribution in [0.25, 0.3) is 0 Å². The Morgan fingerprint density at radius 1 is 1.19 bits per heavy atom. The number of nitrogens with zero attached hydrogens (tertiary/aromatic N) is 3. The van der Waals surface area contributed by atoms with E-state index < -0.39 is 0 Å². The Labute approximate surface area is 156 Å². The van der Waals surface area contributed by atoms with Crippen LogP contribution in [0.5, 0.6) is 0 Å². The number of benzene rings is 1. The number of hydrogen-bond donors (Lipinski definition) is 2. The predicted octanol–water partition coefficient (Wildman–Crippen LogP) is 2.99. The van der Waals surface area contributed by atoms with E-state index in [0.29, 0.717) is 12.6 Å². The Bertz CT molecular complexity index is 674. The first-order valence-electron chi connectivity index (χ1n) is 9.29. The summed E-state index contributed by atoms with van der Waals surface area (Å²) in [4.78, 5) is 6.58. The number of aryl methyl sites for hydroxylation is 2. The predicted molar refractivity (Wildman–Crippen MR) is 108 cm³/mol. The fourth-order valence-electron chi connectivity index (χ4n) is 2.83. The van der Waals surface area contributed by atoms with Crippen molar-refractivity contribution >= 4 is 11.6 Å². The summed E-state index contributed by atoms with van der Waals surface area (Å²) in [5.41, 5.74) is 3.36. The van der Waals surface area contributed by atoms with E-state index in [4.69, 9.17) is 4.52 Å². The van der Waals surface area contributed by atoms with Gasteiger partial charge in [-0.05, 0) is 25.5 Å². The number of aliphatic imine (C=N–C) groups is 1. The van der Waals surface area contributed by atoms with Gasteiger partial charge in [0.15, 0.2) is 5.96 Å². The molecule has 142 valence electrons. The highest BCUT2D eigenvalue weighted by Crippen LogP contribution is 2.15. The summed E-state index contributed by atoms with van der Waals surface area (Å²) in [7, 11) is 3.89. The molecule has 0 saturated carbocycles.